The van der Waals surface area contributed by atoms with Crippen molar-refractivity contribution in [3.8, 4) is 0 Å². The molecule has 42 heavy (non-hydrogen) atoms. The van der Waals surface area contributed by atoms with E-state index in [-0.39, 0.29) is 18.6 Å². The maximum absolute atomic E-state index is 12.7. The van der Waals surface area contributed by atoms with Crippen molar-refractivity contribution < 1.29 is 24.5 Å². The van der Waals surface area contributed by atoms with Crippen molar-refractivity contribution in [1.82, 2.24) is 0 Å². The van der Waals surface area contributed by atoms with Crippen LogP contribution in [0.15, 0.2) is 0 Å². The quantitative estimate of drug-likeness (QED) is 0.0570. The lowest BCUT2D eigenvalue weighted by Gasteiger charge is -2.20. The van der Waals surface area contributed by atoms with Crippen LogP contribution in [0.25, 0.3) is 0 Å². The molecule has 0 heterocycles. The number of ketones is 1. The molecule has 0 aromatic heterocycles. The number of esters is 1. The smallest absolute Gasteiger partial charge is 0.306 e. The molecule has 0 bridgehead atoms. The SMILES string of the molecule is CCCCCCCCCCCCCCCCC(=O)OC(C(=O)CCCCCCCCCCCCCCCC)C(O)CO. The second-order valence-corrected chi connectivity index (χ2v) is 12.8. The second kappa shape index (κ2) is 33.0. The highest BCUT2D eigenvalue weighted by atomic mass is 16.6. The number of Topliss-reactive ketones (excluding diaryl/α,β-unsaturated/α-hetero) is 1. The highest BCUT2D eigenvalue weighted by Crippen LogP contribution is 2.16. The molecule has 0 aromatic carbocycles. The van der Waals surface area contributed by atoms with Gasteiger partial charge in [0.05, 0.1) is 6.61 Å². The Morgan fingerprint density at radius 2 is 0.762 bits per heavy atom. The van der Waals surface area contributed by atoms with Crippen molar-refractivity contribution in [1.29, 1.82) is 0 Å². The molecule has 250 valence electrons. The van der Waals surface area contributed by atoms with E-state index in [0.29, 0.717) is 0 Å². The lowest BCUT2D eigenvalue weighted by Crippen LogP contribution is -2.40. The summed E-state index contributed by atoms with van der Waals surface area (Å²) in [6, 6.07) is 0. The van der Waals surface area contributed by atoms with E-state index in [1.807, 2.05) is 0 Å². The second-order valence-electron chi connectivity index (χ2n) is 12.8. The minimum absolute atomic E-state index is 0.263. The van der Waals surface area contributed by atoms with Gasteiger partial charge in [0.2, 0.25) is 0 Å². The first-order valence-electron chi connectivity index (χ1n) is 18.6. The Bertz CT molecular complexity index is 579. The normalized spacial score (nSPS) is 12.9. The van der Waals surface area contributed by atoms with E-state index in [9.17, 15) is 19.8 Å². The van der Waals surface area contributed by atoms with Gasteiger partial charge in [-0.2, -0.15) is 0 Å². The Kier molecular flexibility index (Phi) is 32.2. The van der Waals surface area contributed by atoms with Gasteiger partial charge in [-0.05, 0) is 12.8 Å². The predicted octanol–water partition coefficient (Wildman–Crippen LogP) is 10.6. The molecule has 2 unspecified atom stereocenters. The van der Waals surface area contributed by atoms with Crippen LogP contribution in [-0.2, 0) is 14.3 Å². The van der Waals surface area contributed by atoms with E-state index < -0.39 is 24.8 Å². The highest BCUT2D eigenvalue weighted by molar-refractivity contribution is 5.86. The predicted molar refractivity (Wildman–Crippen MR) is 178 cm³/mol. The van der Waals surface area contributed by atoms with Crippen molar-refractivity contribution in [3.05, 3.63) is 0 Å². The van der Waals surface area contributed by atoms with Crippen LogP contribution in [0.1, 0.15) is 206 Å². The molecule has 0 amide bonds. The first kappa shape index (κ1) is 41.1. The molecule has 0 aliphatic carbocycles. The summed E-state index contributed by atoms with van der Waals surface area (Å²) >= 11 is 0. The average Bonchev–Trinajstić information content (AvgIpc) is 2.99. The number of rotatable bonds is 34. The zero-order chi connectivity index (χ0) is 30.9. The largest absolute Gasteiger partial charge is 0.451 e. The molecular formula is C37H72O5. The van der Waals surface area contributed by atoms with Crippen LogP contribution in [0.3, 0.4) is 0 Å². The van der Waals surface area contributed by atoms with Gasteiger partial charge >= 0.3 is 5.97 Å². The molecule has 5 heteroatoms. The van der Waals surface area contributed by atoms with Gasteiger partial charge in [0.1, 0.15) is 6.10 Å². The summed E-state index contributed by atoms with van der Waals surface area (Å²) in [5, 5.41) is 19.5. The maximum Gasteiger partial charge on any atom is 0.306 e. The fourth-order valence-corrected chi connectivity index (χ4v) is 5.76. The minimum Gasteiger partial charge on any atom is -0.451 e. The Morgan fingerprint density at radius 3 is 1.07 bits per heavy atom. The van der Waals surface area contributed by atoms with Crippen LogP contribution in [-0.4, -0.2) is 40.8 Å². The Morgan fingerprint density at radius 1 is 0.476 bits per heavy atom. The highest BCUT2D eigenvalue weighted by Gasteiger charge is 2.29. The Hall–Kier alpha value is -0.940. The lowest BCUT2D eigenvalue weighted by molar-refractivity contribution is -0.163. The number of carbonyl (C=O) groups is 2. The first-order chi connectivity index (χ1) is 20.6. The molecule has 0 fully saturated rings. The molecule has 2 atom stereocenters. The molecule has 0 aromatic rings. The monoisotopic (exact) mass is 597 g/mol. The Balaban J connectivity index is 3.77. The van der Waals surface area contributed by atoms with Crippen LogP contribution >= 0.6 is 0 Å². The van der Waals surface area contributed by atoms with Gasteiger partial charge in [0.25, 0.3) is 0 Å². The maximum atomic E-state index is 12.7. The van der Waals surface area contributed by atoms with Crippen molar-refractivity contribution in [2.45, 2.75) is 219 Å². The zero-order valence-electron chi connectivity index (χ0n) is 28.2. The number of aliphatic hydroxyl groups is 2. The summed E-state index contributed by atoms with van der Waals surface area (Å²) in [4.78, 5) is 25.0. The summed E-state index contributed by atoms with van der Waals surface area (Å²) in [6.45, 7) is 3.94. The molecule has 5 nitrogen and oxygen atoms in total. The first-order valence-corrected chi connectivity index (χ1v) is 18.6. The fraction of sp³-hybridized carbons (Fsp3) is 0.946. The number of ether oxygens (including phenoxy) is 1. The van der Waals surface area contributed by atoms with Gasteiger partial charge in [0.15, 0.2) is 11.9 Å². The van der Waals surface area contributed by atoms with Crippen LogP contribution in [0.5, 0.6) is 0 Å². The van der Waals surface area contributed by atoms with Crippen LogP contribution in [0.2, 0.25) is 0 Å². The van der Waals surface area contributed by atoms with Gasteiger partial charge in [-0.15, -0.1) is 0 Å². The summed E-state index contributed by atoms with van der Waals surface area (Å²) in [6.07, 6.45) is 33.0. The number of hydrogen-bond acceptors (Lipinski definition) is 5. The molecule has 0 radical (unpaired) electrons. The van der Waals surface area contributed by atoms with Crippen molar-refractivity contribution in [2.75, 3.05) is 6.61 Å². The standard InChI is InChI=1S/C37H72O5/c1-3-5-7-9-11-13-15-17-19-21-23-25-27-29-31-34(39)37(35(40)33-38)42-36(41)32-30-28-26-24-22-20-18-16-14-12-10-8-6-4-2/h35,37-38,40H,3-33H2,1-2H3. The number of hydrogen-bond donors (Lipinski definition) is 2. The molecule has 0 spiro atoms. The minimum atomic E-state index is -1.34. The van der Waals surface area contributed by atoms with E-state index in [0.717, 1.165) is 38.5 Å². The van der Waals surface area contributed by atoms with E-state index in [2.05, 4.69) is 13.8 Å². The number of unbranched alkanes of at least 4 members (excludes halogenated alkanes) is 26. The number of aliphatic hydroxyl groups excluding tert-OH is 2. The lowest BCUT2D eigenvalue weighted by atomic mass is 10.0. The van der Waals surface area contributed by atoms with E-state index in [1.165, 1.54) is 141 Å². The fourth-order valence-electron chi connectivity index (χ4n) is 5.76. The summed E-state index contributed by atoms with van der Waals surface area (Å²) in [5.74, 6) is -0.717. The van der Waals surface area contributed by atoms with Crippen LogP contribution in [0, 0.1) is 0 Å². The van der Waals surface area contributed by atoms with E-state index in [1.54, 1.807) is 0 Å². The van der Waals surface area contributed by atoms with Crippen LogP contribution < -0.4 is 0 Å². The third kappa shape index (κ3) is 27.9. The molecular weight excluding hydrogens is 524 g/mol. The molecule has 0 aliphatic rings. The molecule has 0 saturated heterocycles. The number of carbonyl (C=O) groups excluding carboxylic acids is 2. The Labute approximate surface area is 261 Å². The third-order valence-electron chi connectivity index (χ3n) is 8.62. The van der Waals surface area contributed by atoms with E-state index in [4.69, 9.17) is 4.74 Å². The van der Waals surface area contributed by atoms with Gasteiger partial charge < -0.3 is 14.9 Å². The molecule has 0 aliphatic heterocycles. The summed E-state index contributed by atoms with van der Waals surface area (Å²) in [5.41, 5.74) is 0. The molecule has 0 saturated carbocycles. The van der Waals surface area contributed by atoms with Crippen molar-refractivity contribution in [3.63, 3.8) is 0 Å². The van der Waals surface area contributed by atoms with Gasteiger partial charge in [-0.3, -0.25) is 9.59 Å². The van der Waals surface area contributed by atoms with Gasteiger partial charge in [-0.25, -0.2) is 0 Å². The average molecular weight is 597 g/mol. The molecule has 0 rings (SSSR count). The summed E-state index contributed by atoms with van der Waals surface area (Å²) in [7, 11) is 0. The van der Waals surface area contributed by atoms with Gasteiger partial charge in [-0.1, -0.05) is 181 Å². The van der Waals surface area contributed by atoms with E-state index >= 15 is 0 Å². The van der Waals surface area contributed by atoms with Gasteiger partial charge in [0, 0.05) is 12.8 Å². The zero-order valence-corrected chi connectivity index (χ0v) is 28.2. The van der Waals surface area contributed by atoms with Crippen LogP contribution in [0.4, 0.5) is 0 Å². The van der Waals surface area contributed by atoms with Crippen molar-refractivity contribution in [2.24, 2.45) is 0 Å². The third-order valence-corrected chi connectivity index (χ3v) is 8.62. The summed E-state index contributed by atoms with van der Waals surface area (Å²) < 4.78 is 5.35. The topological polar surface area (TPSA) is 83.8 Å². The molecule has 2 N–H and O–H groups in total. The van der Waals surface area contributed by atoms with Crippen molar-refractivity contribution >= 4 is 11.8 Å².